The van der Waals surface area contributed by atoms with Crippen molar-refractivity contribution >= 4 is 17.4 Å². The molecule has 3 aromatic rings. The first-order valence-electron chi connectivity index (χ1n) is 10.5. The maximum Gasteiger partial charge on any atom is 0.163 e. The van der Waals surface area contributed by atoms with E-state index in [1.807, 2.05) is 62.4 Å². The Kier molecular flexibility index (Phi) is 8.10. The van der Waals surface area contributed by atoms with Crippen LogP contribution < -0.4 is 4.74 Å². The molecule has 0 N–H and O–H groups in total. The highest BCUT2D eigenvalue weighted by Gasteiger charge is 2.20. The summed E-state index contributed by atoms with van der Waals surface area (Å²) in [7, 11) is 0. The fourth-order valence-electron chi connectivity index (χ4n) is 3.81. The number of aryl methyl sites for hydroxylation is 2. The van der Waals surface area contributed by atoms with E-state index in [9.17, 15) is 4.79 Å². The molecular weight excluding hydrogens is 392 g/mol. The highest BCUT2D eigenvalue weighted by atomic mass is 35.5. The molecule has 0 aliphatic carbocycles. The molecule has 0 aliphatic rings. The van der Waals surface area contributed by atoms with Crippen LogP contribution in [0.15, 0.2) is 72.8 Å². The van der Waals surface area contributed by atoms with Gasteiger partial charge in [-0.15, -0.1) is 11.6 Å². The maximum atomic E-state index is 13.3. The molecule has 0 unspecified atom stereocenters. The molecule has 3 rings (SSSR count). The standard InChI is InChI=1S/C27H29ClO2/c1-20-17-24(18-21(2)27(20)30-16-10-9-15-28)26(29)19-25(22-11-5-3-6-12-22)23-13-7-4-8-14-23/h3-8,11-14,17-18,25H,9-10,15-16,19H2,1-2H3. The number of alkyl halides is 1. The van der Waals surface area contributed by atoms with E-state index in [1.165, 1.54) is 0 Å². The number of carbonyl (C=O) groups is 1. The number of benzene rings is 3. The minimum Gasteiger partial charge on any atom is -0.493 e. The second-order valence-electron chi connectivity index (χ2n) is 7.68. The van der Waals surface area contributed by atoms with Gasteiger partial charge in [0.1, 0.15) is 5.75 Å². The van der Waals surface area contributed by atoms with E-state index in [0.29, 0.717) is 18.9 Å². The van der Waals surface area contributed by atoms with Crippen molar-refractivity contribution in [3.05, 3.63) is 101 Å². The molecule has 0 radical (unpaired) electrons. The van der Waals surface area contributed by atoms with Crippen molar-refractivity contribution in [2.75, 3.05) is 12.5 Å². The first kappa shape index (κ1) is 22.1. The summed E-state index contributed by atoms with van der Waals surface area (Å²) in [6.45, 7) is 4.66. The number of hydrogen-bond acceptors (Lipinski definition) is 2. The average molecular weight is 421 g/mol. The van der Waals surface area contributed by atoms with Crippen LogP contribution in [0.2, 0.25) is 0 Å². The maximum absolute atomic E-state index is 13.3. The van der Waals surface area contributed by atoms with Crippen LogP contribution in [-0.4, -0.2) is 18.3 Å². The van der Waals surface area contributed by atoms with Crippen LogP contribution in [0.3, 0.4) is 0 Å². The third kappa shape index (κ3) is 5.73. The Morgan fingerprint density at radius 1 is 0.867 bits per heavy atom. The molecule has 2 nitrogen and oxygen atoms in total. The van der Waals surface area contributed by atoms with Crippen molar-refractivity contribution in [3.8, 4) is 5.75 Å². The van der Waals surface area contributed by atoms with Gasteiger partial charge in [-0.05, 0) is 61.1 Å². The second kappa shape index (κ2) is 11.0. The molecule has 0 aliphatic heterocycles. The molecule has 3 heteroatoms. The summed E-state index contributed by atoms with van der Waals surface area (Å²) in [6.07, 6.45) is 2.30. The Morgan fingerprint density at radius 3 is 1.90 bits per heavy atom. The van der Waals surface area contributed by atoms with Gasteiger partial charge in [0.2, 0.25) is 0 Å². The highest BCUT2D eigenvalue weighted by Crippen LogP contribution is 2.31. The van der Waals surface area contributed by atoms with Crippen molar-refractivity contribution < 1.29 is 9.53 Å². The summed E-state index contributed by atoms with van der Waals surface area (Å²) in [6, 6.07) is 24.4. The van der Waals surface area contributed by atoms with Gasteiger partial charge in [0, 0.05) is 23.8 Å². The molecular formula is C27H29ClO2. The Labute approximate surface area is 184 Å². The van der Waals surface area contributed by atoms with Crippen LogP contribution in [0, 0.1) is 13.8 Å². The zero-order valence-electron chi connectivity index (χ0n) is 17.7. The van der Waals surface area contributed by atoms with Crippen molar-refractivity contribution in [2.24, 2.45) is 0 Å². The van der Waals surface area contributed by atoms with Gasteiger partial charge in [-0.2, -0.15) is 0 Å². The minimum atomic E-state index is 0.0343. The predicted molar refractivity (Wildman–Crippen MR) is 125 cm³/mol. The van der Waals surface area contributed by atoms with Gasteiger partial charge >= 0.3 is 0 Å². The Hall–Kier alpha value is -2.58. The molecule has 0 heterocycles. The zero-order chi connectivity index (χ0) is 21.3. The average Bonchev–Trinajstić information content (AvgIpc) is 2.77. The number of Topliss-reactive ketones (excluding diaryl/α,β-unsaturated/α-hetero) is 1. The lowest BCUT2D eigenvalue weighted by Gasteiger charge is -2.18. The van der Waals surface area contributed by atoms with Crippen LogP contribution in [0.25, 0.3) is 0 Å². The predicted octanol–water partition coefficient (Wildman–Crippen LogP) is 7.11. The van der Waals surface area contributed by atoms with Crippen molar-refractivity contribution in [2.45, 2.75) is 39.0 Å². The molecule has 0 atom stereocenters. The van der Waals surface area contributed by atoms with Crippen LogP contribution in [0.5, 0.6) is 5.75 Å². The van der Waals surface area contributed by atoms with E-state index in [1.54, 1.807) is 0 Å². The number of carbonyl (C=O) groups excluding carboxylic acids is 1. The van der Waals surface area contributed by atoms with Crippen molar-refractivity contribution in [3.63, 3.8) is 0 Å². The van der Waals surface area contributed by atoms with Gasteiger partial charge in [-0.25, -0.2) is 0 Å². The minimum absolute atomic E-state index is 0.0343. The van der Waals surface area contributed by atoms with Gasteiger partial charge in [0.15, 0.2) is 5.78 Å². The number of unbranched alkanes of at least 4 members (excludes halogenated alkanes) is 1. The van der Waals surface area contributed by atoms with Crippen molar-refractivity contribution in [1.29, 1.82) is 0 Å². The summed E-state index contributed by atoms with van der Waals surface area (Å²) in [5.74, 6) is 1.71. The number of ketones is 1. The first-order chi connectivity index (χ1) is 14.6. The Bertz CT molecular complexity index is 889. The quantitative estimate of drug-likeness (QED) is 0.198. The molecule has 0 aromatic heterocycles. The molecule has 0 saturated heterocycles. The number of ether oxygens (including phenoxy) is 1. The Balaban J connectivity index is 1.81. The zero-order valence-corrected chi connectivity index (χ0v) is 18.5. The normalized spacial score (nSPS) is 10.9. The highest BCUT2D eigenvalue weighted by molar-refractivity contribution is 6.17. The molecule has 156 valence electrons. The summed E-state index contributed by atoms with van der Waals surface area (Å²) < 4.78 is 5.95. The topological polar surface area (TPSA) is 26.3 Å². The molecule has 3 aromatic carbocycles. The van der Waals surface area contributed by atoms with E-state index < -0.39 is 0 Å². The van der Waals surface area contributed by atoms with E-state index >= 15 is 0 Å². The lowest BCUT2D eigenvalue weighted by Crippen LogP contribution is -2.10. The first-order valence-corrected chi connectivity index (χ1v) is 11.1. The lowest BCUT2D eigenvalue weighted by atomic mass is 9.85. The monoisotopic (exact) mass is 420 g/mol. The number of rotatable bonds is 10. The molecule has 30 heavy (non-hydrogen) atoms. The SMILES string of the molecule is Cc1cc(C(=O)CC(c2ccccc2)c2ccccc2)cc(C)c1OCCCCCl. The largest absolute Gasteiger partial charge is 0.493 e. The van der Waals surface area contributed by atoms with Gasteiger partial charge in [0.05, 0.1) is 6.61 Å². The summed E-state index contributed by atoms with van der Waals surface area (Å²) in [5, 5.41) is 0. The van der Waals surface area contributed by atoms with E-state index in [0.717, 1.165) is 46.4 Å². The van der Waals surface area contributed by atoms with Crippen LogP contribution >= 0.6 is 11.6 Å². The van der Waals surface area contributed by atoms with Gasteiger partial charge < -0.3 is 4.74 Å². The lowest BCUT2D eigenvalue weighted by molar-refractivity contribution is 0.0977. The number of hydrogen-bond donors (Lipinski definition) is 0. The third-order valence-corrected chi connectivity index (χ3v) is 5.62. The van der Waals surface area contributed by atoms with Gasteiger partial charge in [-0.1, -0.05) is 60.7 Å². The fourth-order valence-corrected chi connectivity index (χ4v) is 4.00. The van der Waals surface area contributed by atoms with Crippen LogP contribution in [0.4, 0.5) is 0 Å². The molecule has 0 spiro atoms. The van der Waals surface area contributed by atoms with Crippen LogP contribution in [-0.2, 0) is 0 Å². The smallest absolute Gasteiger partial charge is 0.163 e. The summed E-state index contributed by atoms with van der Waals surface area (Å²) in [5.41, 5.74) is 5.06. The Morgan fingerprint density at radius 2 is 1.40 bits per heavy atom. The molecule has 0 fully saturated rings. The van der Waals surface area contributed by atoms with Gasteiger partial charge in [-0.3, -0.25) is 4.79 Å². The fraction of sp³-hybridized carbons (Fsp3) is 0.296. The second-order valence-corrected chi connectivity index (χ2v) is 8.06. The number of halogens is 1. The van der Waals surface area contributed by atoms with Crippen molar-refractivity contribution in [1.82, 2.24) is 0 Å². The van der Waals surface area contributed by atoms with E-state index in [-0.39, 0.29) is 11.7 Å². The summed E-state index contributed by atoms with van der Waals surface area (Å²) >= 11 is 5.74. The third-order valence-electron chi connectivity index (χ3n) is 5.35. The van der Waals surface area contributed by atoms with E-state index in [4.69, 9.17) is 16.3 Å². The summed E-state index contributed by atoms with van der Waals surface area (Å²) in [4.78, 5) is 13.3. The van der Waals surface area contributed by atoms with Gasteiger partial charge in [0.25, 0.3) is 0 Å². The van der Waals surface area contributed by atoms with E-state index in [2.05, 4.69) is 24.3 Å². The molecule has 0 amide bonds. The molecule has 0 saturated carbocycles. The molecule has 0 bridgehead atoms. The van der Waals surface area contributed by atoms with Crippen LogP contribution in [0.1, 0.15) is 57.8 Å².